The van der Waals surface area contributed by atoms with E-state index in [1.165, 1.54) is 24.3 Å². The SMILES string of the molecule is CC(C)(C)OC(=O)NC(C[N+](=O)[O-])c1ccc(F)cc1. The Morgan fingerprint density at radius 1 is 1.40 bits per heavy atom. The summed E-state index contributed by atoms with van der Waals surface area (Å²) in [5.41, 5.74) is -0.263. The maximum atomic E-state index is 12.9. The van der Waals surface area contributed by atoms with Gasteiger partial charge >= 0.3 is 6.09 Å². The number of benzene rings is 1. The molecule has 1 unspecified atom stereocenters. The van der Waals surface area contributed by atoms with Crippen LogP contribution in [0.4, 0.5) is 9.18 Å². The van der Waals surface area contributed by atoms with E-state index in [-0.39, 0.29) is 0 Å². The van der Waals surface area contributed by atoms with Crippen molar-refractivity contribution in [3.05, 3.63) is 45.8 Å². The predicted molar refractivity (Wildman–Crippen MR) is 70.4 cm³/mol. The number of carbonyl (C=O) groups is 1. The molecule has 20 heavy (non-hydrogen) atoms. The van der Waals surface area contributed by atoms with Crippen LogP contribution in [0.5, 0.6) is 0 Å². The van der Waals surface area contributed by atoms with Crippen molar-refractivity contribution in [2.24, 2.45) is 0 Å². The lowest BCUT2D eigenvalue weighted by Crippen LogP contribution is -2.37. The molecule has 0 saturated heterocycles. The first-order valence-corrected chi connectivity index (χ1v) is 6.04. The summed E-state index contributed by atoms with van der Waals surface area (Å²) < 4.78 is 17.9. The van der Waals surface area contributed by atoms with Crippen LogP contribution in [0.15, 0.2) is 24.3 Å². The number of carbonyl (C=O) groups excluding carboxylic acids is 1. The molecule has 110 valence electrons. The zero-order valence-corrected chi connectivity index (χ0v) is 11.6. The van der Waals surface area contributed by atoms with Gasteiger partial charge in [0, 0.05) is 4.92 Å². The van der Waals surface area contributed by atoms with Gasteiger partial charge in [-0.2, -0.15) is 0 Å². The molecule has 1 amide bonds. The maximum Gasteiger partial charge on any atom is 0.408 e. The molecule has 1 aromatic rings. The average molecular weight is 284 g/mol. The normalized spacial score (nSPS) is 12.6. The van der Waals surface area contributed by atoms with Crippen LogP contribution in [0.2, 0.25) is 0 Å². The first kappa shape index (κ1) is 15.9. The van der Waals surface area contributed by atoms with E-state index in [1.807, 2.05) is 0 Å². The molecule has 1 atom stereocenters. The zero-order valence-electron chi connectivity index (χ0n) is 11.6. The zero-order chi connectivity index (χ0) is 15.3. The molecule has 1 aromatic carbocycles. The number of amides is 1. The van der Waals surface area contributed by atoms with E-state index in [0.29, 0.717) is 5.56 Å². The smallest absolute Gasteiger partial charge is 0.408 e. The number of nitrogens with zero attached hydrogens (tertiary/aromatic N) is 1. The van der Waals surface area contributed by atoms with Crippen molar-refractivity contribution in [3.63, 3.8) is 0 Å². The Bertz CT molecular complexity index is 482. The second-order valence-electron chi connectivity index (χ2n) is 5.27. The number of ether oxygens (including phenoxy) is 1. The van der Waals surface area contributed by atoms with E-state index < -0.39 is 35.0 Å². The minimum atomic E-state index is -0.875. The van der Waals surface area contributed by atoms with Crippen molar-refractivity contribution in [1.82, 2.24) is 5.32 Å². The van der Waals surface area contributed by atoms with E-state index in [9.17, 15) is 19.3 Å². The number of nitrogens with one attached hydrogen (secondary N) is 1. The molecule has 0 aromatic heterocycles. The highest BCUT2D eigenvalue weighted by molar-refractivity contribution is 5.68. The molecule has 7 heteroatoms. The Hall–Kier alpha value is -2.18. The van der Waals surface area contributed by atoms with Gasteiger partial charge in [0.2, 0.25) is 6.54 Å². The summed E-state index contributed by atoms with van der Waals surface area (Å²) in [7, 11) is 0. The van der Waals surface area contributed by atoms with Crippen LogP contribution in [0, 0.1) is 15.9 Å². The van der Waals surface area contributed by atoms with Crippen molar-refractivity contribution in [3.8, 4) is 0 Å². The van der Waals surface area contributed by atoms with Gasteiger partial charge in [0.05, 0.1) is 0 Å². The number of rotatable bonds is 4. The van der Waals surface area contributed by atoms with E-state index >= 15 is 0 Å². The van der Waals surface area contributed by atoms with Gasteiger partial charge in [0.25, 0.3) is 0 Å². The Kier molecular flexibility index (Phi) is 5.01. The third-order valence-electron chi connectivity index (χ3n) is 2.29. The van der Waals surface area contributed by atoms with Crippen LogP contribution >= 0.6 is 0 Å². The van der Waals surface area contributed by atoms with Gasteiger partial charge in [-0.05, 0) is 38.5 Å². The molecule has 0 aliphatic carbocycles. The summed E-state index contributed by atoms with van der Waals surface area (Å²) in [6.45, 7) is 4.55. The third-order valence-corrected chi connectivity index (χ3v) is 2.29. The topological polar surface area (TPSA) is 81.5 Å². The molecular formula is C13H17FN2O4. The summed E-state index contributed by atoms with van der Waals surface area (Å²) in [5, 5.41) is 13.1. The largest absolute Gasteiger partial charge is 0.444 e. The monoisotopic (exact) mass is 284 g/mol. The first-order valence-electron chi connectivity index (χ1n) is 6.04. The standard InChI is InChI=1S/C13H17FN2O4/c1-13(2,3)20-12(17)15-11(8-16(18)19)9-4-6-10(14)7-5-9/h4-7,11H,8H2,1-3H3,(H,15,17). The Labute approximate surface area is 116 Å². The van der Waals surface area contributed by atoms with Crippen molar-refractivity contribution in [2.75, 3.05) is 6.54 Å². The summed E-state index contributed by atoms with van der Waals surface area (Å²) in [4.78, 5) is 21.8. The summed E-state index contributed by atoms with van der Waals surface area (Å²) in [6, 6.07) is 4.26. The highest BCUT2D eigenvalue weighted by Crippen LogP contribution is 2.15. The van der Waals surface area contributed by atoms with Crippen LogP contribution in [0.25, 0.3) is 0 Å². The molecule has 6 nitrogen and oxygen atoms in total. The van der Waals surface area contributed by atoms with E-state index in [0.717, 1.165) is 0 Å². The van der Waals surface area contributed by atoms with Crippen LogP contribution in [0.1, 0.15) is 32.4 Å². The molecule has 1 N–H and O–H groups in total. The Morgan fingerprint density at radius 3 is 2.40 bits per heavy atom. The summed E-state index contributed by atoms with van der Waals surface area (Å²) in [5.74, 6) is -0.453. The van der Waals surface area contributed by atoms with Gasteiger partial charge in [0.1, 0.15) is 17.5 Å². The van der Waals surface area contributed by atoms with Gasteiger partial charge in [0.15, 0.2) is 0 Å². The molecular weight excluding hydrogens is 267 g/mol. The fourth-order valence-electron chi connectivity index (χ4n) is 1.53. The van der Waals surface area contributed by atoms with Crippen LogP contribution in [0.3, 0.4) is 0 Å². The lowest BCUT2D eigenvalue weighted by Gasteiger charge is -2.22. The summed E-state index contributed by atoms with van der Waals surface area (Å²) >= 11 is 0. The van der Waals surface area contributed by atoms with Crippen LogP contribution in [-0.2, 0) is 4.74 Å². The minimum absolute atomic E-state index is 0.439. The van der Waals surface area contributed by atoms with Gasteiger partial charge < -0.3 is 10.1 Å². The fraction of sp³-hybridized carbons (Fsp3) is 0.462. The third kappa shape index (κ3) is 5.64. The Balaban J connectivity index is 2.82. The van der Waals surface area contributed by atoms with Crippen molar-refractivity contribution < 1.29 is 18.8 Å². The average Bonchev–Trinajstić information content (AvgIpc) is 2.25. The number of halogens is 1. The second kappa shape index (κ2) is 6.31. The molecule has 0 saturated carbocycles. The van der Waals surface area contributed by atoms with Crippen LogP contribution in [-0.4, -0.2) is 23.2 Å². The lowest BCUT2D eigenvalue weighted by atomic mass is 10.1. The lowest BCUT2D eigenvalue weighted by molar-refractivity contribution is -0.484. The van der Waals surface area contributed by atoms with Gasteiger partial charge in [-0.1, -0.05) is 12.1 Å². The molecule has 0 fully saturated rings. The number of nitro groups is 1. The van der Waals surface area contributed by atoms with E-state index in [1.54, 1.807) is 20.8 Å². The number of alkyl carbamates (subject to hydrolysis) is 1. The van der Waals surface area contributed by atoms with Crippen LogP contribution < -0.4 is 5.32 Å². The highest BCUT2D eigenvalue weighted by atomic mass is 19.1. The maximum absolute atomic E-state index is 12.9. The van der Waals surface area contributed by atoms with Crippen molar-refractivity contribution >= 4 is 6.09 Å². The molecule has 0 aliphatic rings. The molecule has 0 spiro atoms. The predicted octanol–water partition coefficient (Wildman–Crippen LogP) is 2.67. The van der Waals surface area contributed by atoms with Gasteiger partial charge in [-0.3, -0.25) is 10.1 Å². The molecule has 0 bridgehead atoms. The first-order chi connectivity index (χ1) is 9.17. The van der Waals surface area contributed by atoms with Gasteiger partial charge in [-0.25, -0.2) is 9.18 Å². The molecule has 0 heterocycles. The van der Waals surface area contributed by atoms with Gasteiger partial charge in [-0.15, -0.1) is 0 Å². The fourth-order valence-corrected chi connectivity index (χ4v) is 1.53. The quantitative estimate of drug-likeness (QED) is 0.680. The molecule has 0 aliphatic heterocycles. The summed E-state index contributed by atoms with van der Waals surface area (Å²) in [6.07, 6.45) is -0.756. The highest BCUT2D eigenvalue weighted by Gasteiger charge is 2.23. The Morgan fingerprint density at radius 2 is 1.95 bits per heavy atom. The number of hydrogen-bond acceptors (Lipinski definition) is 4. The second-order valence-corrected chi connectivity index (χ2v) is 5.27. The minimum Gasteiger partial charge on any atom is -0.444 e. The van der Waals surface area contributed by atoms with Crippen molar-refractivity contribution in [1.29, 1.82) is 0 Å². The molecule has 1 rings (SSSR count). The van der Waals surface area contributed by atoms with Crippen molar-refractivity contribution in [2.45, 2.75) is 32.4 Å². The number of hydrogen-bond donors (Lipinski definition) is 1. The molecule has 0 radical (unpaired) electrons. The van der Waals surface area contributed by atoms with E-state index in [4.69, 9.17) is 4.74 Å². The van der Waals surface area contributed by atoms with E-state index in [2.05, 4.69) is 5.32 Å².